The predicted molar refractivity (Wildman–Crippen MR) is 141 cm³/mol. The molecule has 7 nitrogen and oxygen atoms in total. The smallest absolute Gasteiger partial charge is 0.254 e. The molecule has 0 saturated heterocycles. The average Bonchev–Trinajstić information content (AvgIpc) is 2.84. The predicted octanol–water partition coefficient (Wildman–Crippen LogP) is 4.84. The standard InChI is InChI=1S/C18H13BrF2N4O.C6H12O.C2H7N/c19-12-5-10(6-13(20)8-12)9-25-18(26)14-2-1-11(7-15(14)21)16-17(22)24-4-3-23-16;7-6-4-2-1-3-5-6;1-3-2/h1-8H,9H2,(H2,22,24)(H,25,26);6-7H,1-5H2;3H,1-2H3. The SMILES string of the molecule is CNC.Nc1nccnc1-c1ccc(C(=O)NCc2cc(F)cc(Br)c2)c(F)c1.OC1CCCCC1. The number of amides is 1. The minimum atomic E-state index is -0.717. The fraction of sp³-hybridized carbons (Fsp3) is 0.346. The molecule has 1 heterocycles. The number of aliphatic hydroxyl groups excluding tert-OH is 1. The molecular formula is C26H32BrF2N5O2. The van der Waals surface area contributed by atoms with Gasteiger partial charge in [0.05, 0.1) is 11.7 Å². The Labute approximate surface area is 218 Å². The van der Waals surface area contributed by atoms with Gasteiger partial charge in [0.15, 0.2) is 0 Å². The molecule has 1 fully saturated rings. The van der Waals surface area contributed by atoms with Crippen molar-refractivity contribution in [2.75, 3.05) is 19.8 Å². The van der Waals surface area contributed by atoms with Gasteiger partial charge in [0.25, 0.3) is 5.91 Å². The Morgan fingerprint density at radius 1 is 1.08 bits per heavy atom. The lowest BCUT2D eigenvalue weighted by molar-refractivity contribution is 0.0946. The second-order valence-corrected chi connectivity index (χ2v) is 9.15. The highest BCUT2D eigenvalue weighted by molar-refractivity contribution is 9.10. The van der Waals surface area contributed by atoms with Gasteiger partial charge in [-0.3, -0.25) is 9.78 Å². The van der Waals surface area contributed by atoms with Gasteiger partial charge in [-0.05, 0) is 62.8 Å². The van der Waals surface area contributed by atoms with Crippen molar-refractivity contribution in [3.63, 3.8) is 0 Å². The summed E-state index contributed by atoms with van der Waals surface area (Å²) in [4.78, 5) is 20.2. The zero-order chi connectivity index (χ0) is 26.5. The summed E-state index contributed by atoms with van der Waals surface area (Å²) in [6.45, 7) is 0.0630. The maximum Gasteiger partial charge on any atom is 0.254 e. The number of nitrogens with one attached hydrogen (secondary N) is 2. The highest BCUT2D eigenvalue weighted by atomic mass is 79.9. The number of hydrogen-bond donors (Lipinski definition) is 4. The Bertz CT molecular complexity index is 1110. The minimum absolute atomic E-state index is 0.0359. The first-order chi connectivity index (χ1) is 17.2. The van der Waals surface area contributed by atoms with Gasteiger partial charge in [0.1, 0.15) is 23.1 Å². The summed E-state index contributed by atoms with van der Waals surface area (Å²) < 4.78 is 28.3. The molecule has 10 heteroatoms. The topological polar surface area (TPSA) is 113 Å². The van der Waals surface area contributed by atoms with E-state index in [0.717, 1.165) is 12.8 Å². The van der Waals surface area contributed by atoms with E-state index in [1.165, 1.54) is 62.0 Å². The Morgan fingerprint density at radius 3 is 2.31 bits per heavy atom. The summed E-state index contributed by atoms with van der Waals surface area (Å²) in [5.41, 5.74) is 6.90. The number of rotatable bonds is 4. The number of benzene rings is 2. The molecule has 1 aliphatic rings. The molecule has 1 saturated carbocycles. The lowest BCUT2D eigenvalue weighted by Gasteiger charge is -2.14. The van der Waals surface area contributed by atoms with Crippen molar-refractivity contribution in [3.8, 4) is 11.3 Å². The van der Waals surface area contributed by atoms with Gasteiger partial charge in [-0.1, -0.05) is 41.3 Å². The fourth-order valence-corrected chi connectivity index (χ4v) is 4.00. The average molecular weight is 564 g/mol. The number of carbonyl (C=O) groups is 1. The normalized spacial score (nSPS) is 13.1. The van der Waals surface area contributed by atoms with E-state index < -0.39 is 17.5 Å². The zero-order valence-corrected chi connectivity index (χ0v) is 22.0. The van der Waals surface area contributed by atoms with Crippen LogP contribution in [0.3, 0.4) is 0 Å². The molecule has 3 aromatic rings. The van der Waals surface area contributed by atoms with Gasteiger partial charge in [0.2, 0.25) is 0 Å². The number of anilines is 1. The lowest BCUT2D eigenvalue weighted by atomic mass is 9.98. The molecule has 1 aromatic heterocycles. The molecule has 2 aromatic carbocycles. The molecule has 0 spiro atoms. The quantitative estimate of drug-likeness (QED) is 0.361. The van der Waals surface area contributed by atoms with Crippen LogP contribution < -0.4 is 16.4 Å². The summed E-state index contributed by atoms with van der Waals surface area (Å²) in [5, 5.41) is 14.2. The molecule has 1 amide bonds. The molecule has 5 N–H and O–H groups in total. The number of hydrogen-bond acceptors (Lipinski definition) is 6. The van der Waals surface area contributed by atoms with Crippen molar-refractivity contribution in [1.29, 1.82) is 0 Å². The lowest BCUT2D eigenvalue weighted by Crippen LogP contribution is -2.24. The van der Waals surface area contributed by atoms with Gasteiger partial charge in [-0.2, -0.15) is 0 Å². The molecular weight excluding hydrogens is 532 g/mol. The van der Waals surface area contributed by atoms with E-state index in [0.29, 0.717) is 21.3 Å². The Kier molecular flexibility index (Phi) is 12.4. The Hall–Kier alpha value is -2.95. The van der Waals surface area contributed by atoms with Crippen LogP contribution in [0, 0.1) is 11.6 Å². The summed E-state index contributed by atoms with van der Waals surface area (Å²) in [6.07, 6.45) is 8.80. The third kappa shape index (κ3) is 9.60. The molecule has 194 valence electrons. The van der Waals surface area contributed by atoms with E-state index in [-0.39, 0.29) is 24.0 Å². The van der Waals surface area contributed by atoms with Crippen LogP contribution in [-0.4, -0.2) is 41.2 Å². The first-order valence-electron chi connectivity index (χ1n) is 11.6. The van der Waals surface area contributed by atoms with Crippen LogP contribution in [0.1, 0.15) is 48.0 Å². The van der Waals surface area contributed by atoms with E-state index >= 15 is 0 Å². The second-order valence-electron chi connectivity index (χ2n) is 8.24. The summed E-state index contributed by atoms with van der Waals surface area (Å²) in [5.74, 6) is -1.59. The van der Waals surface area contributed by atoms with Crippen LogP contribution in [0.4, 0.5) is 14.6 Å². The zero-order valence-electron chi connectivity index (χ0n) is 20.4. The number of aliphatic hydroxyl groups is 1. The molecule has 1 aliphatic carbocycles. The van der Waals surface area contributed by atoms with Crippen molar-refractivity contribution >= 4 is 27.7 Å². The maximum absolute atomic E-state index is 14.4. The van der Waals surface area contributed by atoms with E-state index in [2.05, 4.69) is 36.5 Å². The molecule has 36 heavy (non-hydrogen) atoms. The van der Waals surface area contributed by atoms with Crippen molar-refractivity contribution in [2.45, 2.75) is 44.8 Å². The molecule has 0 atom stereocenters. The number of halogens is 3. The fourth-order valence-electron chi connectivity index (χ4n) is 3.49. The third-order valence-corrected chi connectivity index (χ3v) is 5.62. The summed E-state index contributed by atoms with van der Waals surface area (Å²) >= 11 is 3.18. The third-order valence-electron chi connectivity index (χ3n) is 5.16. The highest BCUT2D eigenvalue weighted by Crippen LogP contribution is 2.23. The van der Waals surface area contributed by atoms with Crippen LogP contribution in [0.15, 0.2) is 53.3 Å². The number of carbonyl (C=O) groups excluding carboxylic acids is 1. The number of nitrogen functional groups attached to an aromatic ring is 1. The van der Waals surface area contributed by atoms with Crippen molar-refractivity contribution < 1.29 is 18.7 Å². The van der Waals surface area contributed by atoms with Gasteiger partial charge in [-0.25, -0.2) is 13.8 Å². The number of nitrogens with zero attached hydrogens (tertiary/aromatic N) is 2. The highest BCUT2D eigenvalue weighted by Gasteiger charge is 2.14. The molecule has 0 radical (unpaired) electrons. The Balaban J connectivity index is 0.000000383. The van der Waals surface area contributed by atoms with Gasteiger partial charge in [0, 0.05) is 29.0 Å². The minimum Gasteiger partial charge on any atom is -0.393 e. The van der Waals surface area contributed by atoms with Gasteiger partial charge >= 0.3 is 0 Å². The van der Waals surface area contributed by atoms with Gasteiger partial charge < -0.3 is 21.5 Å². The number of aromatic nitrogens is 2. The van der Waals surface area contributed by atoms with Crippen LogP contribution in [0.25, 0.3) is 11.3 Å². The largest absolute Gasteiger partial charge is 0.393 e. The molecule has 4 rings (SSSR count). The summed E-state index contributed by atoms with van der Waals surface area (Å²) in [6, 6.07) is 8.32. The van der Waals surface area contributed by atoms with Crippen LogP contribution in [0.2, 0.25) is 0 Å². The second kappa shape index (κ2) is 15.2. The molecule has 0 aliphatic heterocycles. The van der Waals surface area contributed by atoms with Crippen LogP contribution in [0.5, 0.6) is 0 Å². The van der Waals surface area contributed by atoms with Crippen LogP contribution in [-0.2, 0) is 6.54 Å². The molecule has 0 bridgehead atoms. The van der Waals surface area contributed by atoms with Crippen molar-refractivity contribution in [1.82, 2.24) is 20.6 Å². The van der Waals surface area contributed by atoms with Crippen molar-refractivity contribution in [3.05, 3.63) is 76.0 Å². The van der Waals surface area contributed by atoms with E-state index in [4.69, 9.17) is 10.8 Å². The first kappa shape index (κ1) is 29.3. The summed E-state index contributed by atoms with van der Waals surface area (Å²) in [7, 11) is 3.75. The van der Waals surface area contributed by atoms with Crippen LogP contribution >= 0.6 is 15.9 Å². The molecule has 0 unspecified atom stereocenters. The maximum atomic E-state index is 14.4. The van der Waals surface area contributed by atoms with E-state index in [9.17, 15) is 13.6 Å². The monoisotopic (exact) mass is 563 g/mol. The Morgan fingerprint density at radius 2 is 1.75 bits per heavy atom. The van der Waals surface area contributed by atoms with E-state index in [1.807, 2.05) is 14.1 Å². The van der Waals surface area contributed by atoms with E-state index in [1.54, 1.807) is 6.07 Å². The first-order valence-corrected chi connectivity index (χ1v) is 12.4. The number of nitrogens with two attached hydrogens (primary N) is 1. The van der Waals surface area contributed by atoms with Gasteiger partial charge in [-0.15, -0.1) is 0 Å². The van der Waals surface area contributed by atoms with Crippen molar-refractivity contribution in [2.24, 2.45) is 0 Å².